The van der Waals surface area contributed by atoms with Crippen LogP contribution in [0.5, 0.6) is 17.2 Å². The average molecular weight is 383 g/mol. The number of aromatic hydroxyl groups is 3. The van der Waals surface area contributed by atoms with Crippen molar-refractivity contribution >= 4 is 18.9 Å². The van der Waals surface area contributed by atoms with Gasteiger partial charge in [-0.1, -0.05) is 36.4 Å². The summed E-state index contributed by atoms with van der Waals surface area (Å²) in [5.74, 6) is 0.104. The highest BCUT2D eigenvalue weighted by molar-refractivity contribution is 5.79. The van der Waals surface area contributed by atoms with Crippen LogP contribution in [0.15, 0.2) is 72.8 Å². The molecule has 0 aliphatic rings. The molecule has 3 aromatic carbocycles. The van der Waals surface area contributed by atoms with Gasteiger partial charge < -0.3 is 21.5 Å². The third-order valence-electron chi connectivity index (χ3n) is 3.19. The van der Waals surface area contributed by atoms with Gasteiger partial charge in [0.15, 0.2) is 18.9 Å². The minimum Gasteiger partial charge on any atom is -0.507 e. The first-order valence-corrected chi connectivity index (χ1v) is 7.73. The minimum atomic E-state index is 0. The molecule has 0 unspecified atom stereocenters. The average Bonchev–Trinajstić information content (AvgIpc) is 2.70. The van der Waals surface area contributed by atoms with Gasteiger partial charge in [0.05, 0.1) is 16.7 Å². The number of phenolic OH excluding ortho intramolecular Hbond substituents is 3. The maximum Gasteiger partial charge on any atom is 0.153 e. The van der Waals surface area contributed by atoms with E-state index >= 15 is 0 Å². The normalized spacial score (nSPS) is 8.57. The Morgan fingerprint density at radius 3 is 0.821 bits per heavy atom. The van der Waals surface area contributed by atoms with Gasteiger partial charge in [0.2, 0.25) is 0 Å². The van der Waals surface area contributed by atoms with Gasteiger partial charge in [-0.2, -0.15) is 0 Å². The van der Waals surface area contributed by atoms with E-state index in [1.165, 1.54) is 18.2 Å². The quantitative estimate of drug-likeness (QED) is 0.503. The molecule has 0 aromatic heterocycles. The molecule has 0 radical (unpaired) electrons. The first kappa shape index (κ1) is 24.0. The summed E-state index contributed by atoms with van der Waals surface area (Å²) in [6, 6.07) is 19.2. The topological polar surface area (TPSA) is 147 Å². The molecule has 146 valence electrons. The zero-order chi connectivity index (χ0) is 20.1. The molecule has 0 heterocycles. The van der Waals surface area contributed by atoms with Crippen molar-refractivity contribution in [1.82, 2.24) is 6.15 Å². The Morgan fingerprint density at radius 2 is 0.679 bits per heavy atom. The van der Waals surface area contributed by atoms with E-state index in [1.807, 2.05) is 0 Å². The lowest BCUT2D eigenvalue weighted by Crippen LogP contribution is -1.77. The van der Waals surface area contributed by atoms with Crippen molar-refractivity contribution < 1.29 is 29.7 Å². The van der Waals surface area contributed by atoms with E-state index in [-0.39, 0.29) is 23.4 Å². The fraction of sp³-hybridized carbons (Fsp3) is 0. The number of rotatable bonds is 3. The molecule has 3 rings (SSSR count). The van der Waals surface area contributed by atoms with Crippen LogP contribution in [-0.2, 0) is 0 Å². The van der Waals surface area contributed by atoms with Crippen LogP contribution in [0.2, 0.25) is 0 Å². The molecule has 28 heavy (non-hydrogen) atoms. The summed E-state index contributed by atoms with van der Waals surface area (Å²) in [4.78, 5) is 30.2. The predicted molar refractivity (Wildman–Crippen MR) is 106 cm³/mol. The van der Waals surface area contributed by atoms with Crippen LogP contribution >= 0.6 is 0 Å². The van der Waals surface area contributed by atoms with E-state index in [9.17, 15) is 14.4 Å². The number of aldehydes is 3. The van der Waals surface area contributed by atoms with Gasteiger partial charge in [-0.05, 0) is 36.4 Å². The lowest BCUT2D eigenvalue weighted by atomic mass is 10.2. The maximum atomic E-state index is 10.1. The number of phenols is 3. The number of benzene rings is 3. The monoisotopic (exact) mass is 383 g/mol. The van der Waals surface area contributed by atoms with Crippen molar-refractivity contribution in [2.45, 2.75) is 0 Å². The standard InChI is InChI=1S/3C7H6O2.H3N/c3*8-5-6-3-1-2-4-7(6)9;/h3*1-5,9H;1H3. The molecular formula is C21H21NO6. The zero-order valence-electron chi connectivity index (χ0n) is 14.9. The molecule has 0 saturated carbocycles. The van der Waals surface area contributed by atoms with Gasteiger partial charge in [-0.15, -0.1) is 0 Å². The lowest BCUT2D eigenvalue weighted by Gasteiger charge is -1.91. The van der Waals surface area contributed by atoms with Crippen LogP contribution in [-0.4, -0.2) is 34.2 Å². The molecule has 0 saturated heterocycles. The van der Waals surface area contributed by atoms with E-state index in [1.54, 1.807) is 54.6 Å². The van der Waals surface area contributed by atoms with Crippen LogP contribution in [0.1, 0.15) is 31.1 Å². The van der Waals surface area contributed by atoms with Gasteiger partial charge in [-0.3, -0.25) is 14.4 Å². The summed E-state index contributed by atoms with van der Waals surface area (Å²) >= 11 is 0. The maximum absolute atomic E-state index is 10.1. The molecule has 7 heteroatoms. The Hall–Kier alpha value is -3.97. The van der Waals surface area contributed by atoms with Crippen LogP contribution < -0.4 is 6.15 Å². The highest BCUT2D eigenvalue weighted by Crippen LogP contribution is 2.13. The molecule has 7 nitrogen and oxygen atoms in total. The van der Waals surface area contributed by atoms with Crippen molar-refractivity contribution in [2.24, 2.45) is 0 Å². The van der Waals surface area contributed by atoms with Crippen molar-refractivity contribution in [2.75, 3.05) is 0 Å². The van der Waals surface area contributed by atoms with E-state index in [2.05, 4.69) is 0 Å². The van der Waals surface area contributed by atoms with Gasteiger partial charge in [0, 0.05) is 0 Å². The lowest BCUT2D eigenvalue weighted by molar-refractivity contribution is 0.111. The second kappa shape index (κ2) is 13.3. The summed E-state index contributed by atoms with van der Waals surface area (Å²) in [7, 11) is 0. The third-order valence-corrected chi connectivity index (χ3v) is 3.19. The summed E-state index contributed by atoms with van der Waals surface area (Å²) in [6.07, 6.45) is 1.86. The first-order chi connectivity index (χ1) is 13.0. The molecular weight excluding hydrogens is 362 g/mol. The summed E-state index contributed by atoms with van der Waals surface area (Å²) in [6.45, 7) is 0. The third kappa shape index (κ3) is 7.94. The minimum absolute atomic E-state index is 0. The van der Waals surface area contributed by atoms with Crippen molar-refractivity contribution in [3.63, 3.8) is 0 Å². The second-order valence-corrected chi connectivity index (χ2v) is 5.03. The summed E-state index contributed by atoms with van der Waals surface area (Å²) in [5.41, 5.74) is 0.993. The Kier molecular flexibility index (Phi) is 11.4. The summed E-state index contributed by atoms with van der Waals surface area (Å²) < 4.78 is 0. The van der Waals surface area contributed by atoms with E-state index in [0.29, 0.717) is 35.5 Å². The van der Waals surface area contributed by atoms with Gasteiger partial charge in [0.25, 0.3) is 0 Å². The smallest absolute Gasteiger partial charge is 0.153 e. The largest absolute Gasteiger partial charge is 0.507 e. The first-order valence-electron chi connectivity index (χ1n) is 7.73. The SMILES string of the molecule is N.O=Cc1ccccc1O.O=Cc1ccccc1O.O=Cc1ccccc1O. The molecule has 0 fully saturated rings. The molecule has 6 N–H and O–H groups in total. The number of para-hydroxylation sites is 3. The molecule has 0 aliphatic carbocycles. The van der Waals surface area contributed by atoms with Gasteiger partial charge in [0.1, 0.15) is 17.2 Å². The van der Waals surface area contributed by atoms with Crippen molar-refractivity contribution in [3.8, 4) is 17.2 Å². The number of hydrogen-bond acceptors (Lipinski definition) is 7. The highest BCUT2D eigenvalue weighted by Gasteiger charge is 1.94. The predicted octanol–water partition coefficient (Wildman–Crippen LogP) is 3.78. The van der Waals surface area contributed by atoms with Gasteiger partial charge >= 0.3 is 0 Å². The summed E-state index contributed by atoms with van der Waals surface area (Å²) in [5, 5.41) is 26.6. The fourth-order valence-corrected chi connectivity index (χ4v) is 1.76. The molecule has 0 spiro atoms. The molecule has 3 aromatic rings. The number of carbonyl (C=O) groups excluding carboxylic acids is 3. The molecule has 0 amide bonds. The van der Waals surface area contributed by atoms with E-state index < -0.39 is 0 Å². The van der Waals surface area contributed by atoms with Crippen LogP contribution in [0.4, 0.5) is 0 Å². The van der Waals surface area contributed by atoms with Crippen LogP contribution in [0, 0.1) is 0 Å². The van der Waals surface area contributed by atoms with Crippen molar-refractivity contribution in [1.29, 1.82) is 0 Å². The Bertz CT molecular complexity index is 778. The molecule has 0 aliphatic heterocycles. The fourth-order valence-electron chi connectivity index (χ4n) is 1.76. The number of carbonyl (C=O) groups is 3. The zero-order valence-corrected chi connectivity index (χ0v) is 14.9. The Balaban J connectivity index is 0.000000384. The van der Waals surface area contributed by atoms with Crippen molar-refractivity contribution in [3.05, 3.63) is 89.5 Å². The van der Waals surface area contributed by atoms with E-state index in [4.69, 9.17) is 15.3 Å². The van der Waals surface area contributed by atoms with E-state index in [0.717, 1.165) is 0 Å². The highest BCUT2D eigenvalue weighted by atomic mass is 16.3. The van der Waals surface area contributed by atoms with Gasteiger partial charge in [-0.25, -0.2) is 0 Å². The van der Waals surface area contributed by atoms with Crippen LogP contribution in [0.25, 0.3) is 0 Å². The molecule has 0 atom stereocenters. The van der Waals surface area contributed by atoms with Crippen LogP contribution in [0.3, 0.4) is 0 Å². The Labute approximate surface area is 162 Å². The molecule has 0 bridgehead atoms. The Morgan fingerprint density at radius 1 is 0.464 bits per heavy atom. The number of hydrogen-bond donors (Lipinski definition) is 4. The second-order valence-electron chi connectivity index (χ2n) is 5.03.